The van der Waals surface area contributed by atoms with E-state index < -0.39 is 0 Å². The van der Waals surface area contributed by atoms with E-state index in [0.29, 0.717) is 19.6 Å². The number of hydrogen-bond donors (Lipinski definition) is 1. The molecule has 2 fully saturated rings. The number of nitrogens with zero attached hydrogens (tertiary/aromatic N) is 3. The molecule has 124 valence electrons. The molecule has 23 heavy (non-hydrogen) atoms. The highest BCUT2D eigenvalue weighted by molar-refractivity contribution is 5.81. The van der Waals surface area contributed by atoms with Crippen LogP contribution < -0.4 is 5.32 Å². The third-order valence-electron chi connectivity index (χ3n) is 4.57. The molecular formula is C17H24N4O2. The van der Waals surface area contributed by atoms with Gasteiger partial charge in [-0.3, -0.25) is 9.78 Å². The fourth-order valence-corrected chi connectivity index (χ4v) is 2.94. The van der Waals surface area contributed by atoms with Crippen LogP contribution in [0.25, 0.3) is 0 Å². The average Bonchev–Trinajstić information content (AvgIpc) is 3.41. The zero-order valence-electron chi connectivity index (χ0n) is 13.6. The lowest BCUT2D eigenvalue weighted by Crippen LogP contribution is -2.43. The Labute approximate surface area is 136 Å². The quantitative estimate of drug-likeness (QED) is 0.924. The van der Waals surface area contributed by atoms with Gasteiger partial charge in [0.2, 0.25) is 5.91 Å². The van der Waals surface area contributed by atoms with Crippen molar-refractivity contribution in [3.05, 3.63) is 30.1 Å². The van der Waals surface area contributed by atoms with Gasteiger partial charge < -0.3 is 15.1 Å². The average molecular weight is 316 g/mol. The second-order valence-corrected chi connectivity index (χ2v) is 6.39. The molecule has 6 nitrogen and oxygen atoms in total. The Morgan fingerprint density at radius 2 is 1.78 bits per heavy atom. The monoisotopic (exact) mass is 316 g/mol. The molecule has 1 saturated carbocycles. The molecule has 0 bridgehead atoms. The summed E-state index contributed by atoms with van der Waals surface area (Å²) in [6.07, 6.45) is 6.36. The van der Waals surface area contributed by atoms with Gasteiger partial charge >= 0.3 is 6.03 Å². The number of amides is 3. The van der Waals surface area contributed by atoms with Crippen molar-refractivity contribution >= 4 is 11.9 Å². The van der Waals surface area contributed by atoms with Gasteiger partial charge in [-0.25, -0.2) is 4.79 Å². The Balaban J connectivity index is 1.52. The summed E-state index contributed by atoms with van der Waals surface area (Å²) in [4.78, 5) is 32.3. The minimum absolute atomic E-state index is 0.0575. The number of urea groups is 1. The van der Waals surface area contributed by atoms with Crippen LogP contribution in [0, 0.1) is 5.92 Å². The summed E-state index contributed by atoms with van der Waals surface area (Å²) in [5, 5.41) is 3.03. The van der Waals surface area contributed by atoms with E-state index in [9.17, 15) is 9.59 Å². The number of pyridine rings is 1. The molecule has 1 aliphatic carbocycles. The van der Waals surface area contributed by atoms with E-state index in [2.05, 4.69) is 10.3 Å². The second kappa shape index (κ2) is 6.98. The van der Waals surface area contributed by atoms with Crippen LogP contribution in [-0.2, 0) is 4.79 Å². The first kappa shape index (κ1) is 15.8. The first-order valence-corrected chi connectivity index (χ1v) is 8.39. The van der Waals surface area contributed by atoms with Gasteiger partial charge in [0.1, 0.15) is 0 Å². The molecule has 1 N–H and O–H groups in total. The second-order valence-electron chi connectivity index (χ2n) is 6.39. The van der Waals surface area contributed by atoms with Crippen molar-refractivity contribution in [2.24, 2.45) is 5.92 Å². The Bertz CT molecular complexity index is 559. The molecule has 1 aromatic heterocycles. The van der Waals surface area contributed by atoms with Gasteiger partial charge in [-0.2, -0.15) is 0 Å². The first-order valence-electron chi connectivity index (χ1n) is 8.39. The maximum absolute atomic E-state index is 12.5. The van der Waals surface area contributed by atoms with E-state index in [1.165, 1.54) is 0 Å². The van der Waals surface area contributed by atoms with Crippen molar-refractivity contribution in [3.8, 4) is 0 Å². The van der Waals surface area contributed by atoms with Crippen molar-refractivity contribution in [1.29, 1.82) is 0 Å². The number of hydrogen-bond acceptors (Lipinski definition) is 3. The van der Waals surface area contributed by atoms with Gasteiger partial charge in [-0.15, -0.1) is 0 Å². The first-order chi connectivity index (χ1) is 11.1. The fraction of sp³-hybridized carbons (Fsp3) is 0.588. The zero-order chi connectivity index (χ0) is 16.2. The van der Waals surface area contributed by atoms with Crippen LogP contribution in [-0.4, -0.2) is 52.9 Å². The van der Waals surface area contributed by atoms with Crippen LogP contribution in [0.15, 0.2) is 24.5 Å². The molecule has 0 aromatic carbocycles. The van der Waals surface area contributed by atoms with E-state index in [4.69, 9.17) is 0 Å². The van der Waals surface area contributed by atoms with Gasteiger partial charge in [0.25, 0.3) is 0 Å². The standard InChI is InChI=1S/C17H24N4O2/c1-13(14-5-7-18-8-6-14)19-17(23)21-10-2-9-20(11-12-21)16(22)15-3-4-15/h5-8,13,15H,2-4,9-12H2,1H3,(H,19,23)/t13-/m1/s1. The molecular weight excluding hydrogens is 292 g/mol. The maximum Gasteiger partial charge on any atom is 0.317 e. The number of carbonyl (C=O) groups is 2. The summed E-state index contributed by atoms with van der Waals surface area (Å²) >= 11 is 0. The lowest BCUT2D eigenvalue weighted by molar-refractivity contribution is -0.132. The van der Waals surface area contributed by atoms with Crippen molar-refractivity contribution in [2.75, 3.05) is 26.2 Å². The highest BCUT2D eigenvalue weighted by Crippen LogP contribution is 2.31. The van der Waals surface area contributed by atoms with Crippen LogP contribution in [0.4, 0.5) is 4.79 Å². The molecule has 3 amide bonds. The van der Waals surface area contributed by atoms with Crippen molar-refractivity contribution in [2.45, 2.75) is 32.2 Å². The van der Waals surface area contributed by atoms with Crippen molar-refractivity contribution in [1.82, 2.24) is 20.1 Å². The smallest absolute Gasteiger partial charge is 0.317 e. The predicted molar refractivity (Wildman–Crippen MR) is 86.7 cm³/mol. The topological polar surface area (TPSA) is 65.5 Å². The number of nitrogens with one attached hydrogen (secondary N) is 1. The minimum Gasteiger partial charge on any atom is -0.341 e. The van der Waals surface area contributed by atoms with E-state index in [-0.39, 0.29) is 23.9 Å². The number of aromatic nitrogens is 1. The summed E-state index contributed by atoms with van der Waals surface area (Å²) < 4.78 is 0. The lowest BCUT2D eigenvalue weighted by Gasteiger charge is -2.24. The molecule has 1 aromatic rings. The Morgan fingerprint density at radius 1 is 1.13 bits per heavy atom. The fourth-order valence-electron chi connectivity index (χ4n) is 2.94. The van der Waals surface area contributed by atoms with Crippen LogP contribution in [0.2, 0.25) is 0 Å². The maximum atomic E-state index is 12.5. The predicted octanol–water partition coefficient (Wildman–Crippen LogP) is 1.80. The van der Waals surface area contributed by atoms with E-state index >= 15 is 0 Å². The summed E-state index contributed by atoms with van der Waals surface area (Å²) in [5.41, 5.74) is 1.04. The van der Waals surface area contributed by atoms with Gasteiger partial charge in [0.05, 0.1) is 6.04 Å². The van der Waals surface area contributed by atoms with Gasteiger partial charge in [0.15, 0.2) is 0 Å². The number of carbonyl (C=O) groups excluding carboxylic acids is 2. The zero-order valence-corrected chi connectivity index (χ0v) is 13.6. The minimum atomic E-state index is -0.0602. The molecule has 0 unspecified atom stereocenters. The molecule has 1 saturated heterocycles. The van der Waals surface area contributed by atoms with E-state index in [1.807, 2.05) is 28.9 Å². The van der Waals surface area contributed by atoms with E-state index in [1.54, 1.807) is 12.4 Å². The normalized spacial score (nSPS) is 19.9. The molecule has 0 spiro atoms. The number of rotatable bonds is 3. The Kier molecular flexibility index (Phi) is 4.79. The van der Waals surface area contributed by atoms with Crippen LogP contribution >= 0.6 is 0 Å². The third kappa shape index (κ3) is 4.00. The SMILES string of the molecule is C[C@@H](NC(=O)N1CCCN(C(=O)C2CC2)CC1)c1ccncc1. The Hall–Kier alpha value is -2.11. The highest BCUT2D eigenvalue weighted by atomic mass is 16.2. The van der Waals surface area contributed by atoms with Gasteiger partial charge in [0, 0.05) is 44.5 Å². The molecule has 1 aliphatic heterocycles. The Morgan fingerprint density at radius 3 is 2.48 bits per heavy atom. The van der Waals surface area contributed by atoms with Crippen LogP contribution in [0.5, 0.6) is 0 Å². The van der Waals surface area contributed by atoms with Gasteiger partial charge in [-0.1, -0.05) is 0 Å². The molecule has 0 radical (unpaired) electrons. The third-order valence-corrected chi connectivity index (χ3v) is 4.57. The molecule has 3 rings (SSSR count). The van der Waals surface area contributed by atoms with Gasteiger partial charge in [-0.05, 0) is 43.9 Å². The van der Waals surface area contributed by atoms with Crippen LogP contribution in [0.3, 0.4) is 0 Å². The summed E-state index contributed by atoms with van der Waals surface area (Å²) in [6, 6.07) is 3.69. The van der Waals surface area contributed by atoms with Crippen molar-refractivity contribution in [3.63, 3.8) is 0 Å². The summed E-state index contributed by atoms with van der Waals surface area (Å²) in [7, 11) is 0. The van der Waals surface area contributed by atoms with Crippen LogP contribution in [0.1, 0.15) is 37.8 Å². The summed E-state index contributed by atoms with van der Waals surface area (Å²) in [6.45, 7) is 4.68. The molecule has 2 heterocycles. The molecule has 2 aliphatic rings. The largest absolute Gasteiger partial charge is 0.341 e. The lowest BCUT2D eigenvalue weighted by atomic mass is 10.1. The molecule has 6 heteroatoms. The molecule has 1 atom stereocenters. The highest BCUT2D eigenvalue weighted by Gasteiger charge is 2.34. The summed E-state index contributed by atoms with van der Waals surface area (Å²) in [5.74, 6) is 0.527. The van der Waals surface area contributed by atoms with Crippen molar-refractivity contribution < 1.29 is 9.59 Å². The van der Waals surface area contributed by atoms with E-state index in [0.717, 1.165) is 31.4 Å².